The fourth-order valence-corrected chi connectivity index (χ4v) is 0.496. The van der Waals surface area contributed by atoms with Crippen LogP contribution < -0.4 is 5.32 Å². The van der Waals surface area contributed by atoms with Gasteiger partial charge in [0.25, 0.3) is 0 Å². The van der Waals surface area contributed by atoms with Gasteiger partial charge in [-0.25, -0.2) is 0 Å². The third kappa shape index (κ3) is 5.53. The van der Waals surface area contributed by atoms with Crippen LogP contribution in [0.25, 0.3) is 0 Å². The largest absolute Gasteiger partial charge is 0.392 e. The lowest BCUT2D eigenvalue weighted by Crippen LogP contribution is -2.25. The van der Waals surface area contributed by atoms with Crippen molar-refractivity contribution in [2.24, 2.45) is 0 Å². The highest BCUT2D eigenvalue weighted by Gasteiger charge is 1.95. The summed E-state index contributed by atoms with van der Waals surface area (Å²) in [5, 5.41) is 12.0. The van der Waals surface area contributed by atoms with Gasteiger partial charge in [0.05, 0.1) is 6.10 Å². The Kier molecular flexibility index (Phi) is 5.57. The van der Waals surface area contributed by atoms with Crippen LogP contribution in [0.5, 0.6) is 0 Å². The van der Waals surface area contributed by atoms with E-state index in [0.29, 0.717) is 6.54 Å². The Morgan fingerprint density at radius 3 is 2.89 bits per heavy atom. The van der Waals surface area contributed by atoms with E-state index in [2.05, 4.69) is 11.9 Å². The SMILES string of the molecule is C=CCNC[C@@H](O)CC. The lowest BCUT2D eigenvalue weighted by atomic mass is 10.3. The van der Waals surface area contributed by atoms with Gasteiger partial charge in [0.1, 0.15) is 0 Å². The van der Waals surface area contributed by atoms with Crippen molar-refractivity contribution >= 4 is 0 Å². The quantitative estimate of drug-likeness (QED) is 0.419. The molecular weight excluding hydrogens is 114 g/mol. The maximum atomic E-state index is 8.99. The lowest BCUT2D eigenvalue weighted by molar-refractivity contribution is 0.169. The van der Waals surface area contributed by atoms with Gasteiger partial charge in [-0.3, -0.25) is 0 Å². The predicted molar refractivity (Wildman–Crippen MR) is 39.4 cm³/mol. The van der Waals surface area contributed by atoms with E-state index in [-0.39, 0.29) is 6.10 Å². The number of rotatable bonds is 5. The van der Waals surface area contributed by atoms with Crippen LogP contribution in [0, 0.1) is 0 Å². The van der Waals surface area contributed by atoms with Gasteiger partial charge in [-0.2, -0.15) is 0 Å². The highest BCUT2D eigenvalue weighted by atomic mass is 16.3. The van der Waals surface area contributed by atoms with Crippen LogP contribution in [0.3, 0.4) is 0 Å². The van der Waals surface area contributed by atoms with Crippen molar-refractivity contribution in [3.05, 3.63) is 12.7 Å². The maximum Gasteiger partial charge on any atom is 0.0662 e. The molecule has 0 heterocycles. The summed E-state index contributed by atoms with van der Waals surface area (Å²) in [6.07, 6.45) is 2.39. The molecule has 0 saturated carbocycles. The second-order valence-corrected chi connectivity index (χ2v) is 2.01. The normalized spacial score (nSPS) is 13.1. The van der Waals surface area contributed by atoms with Gasteiger partial charge in [-0.05, 0) is 6.42 Å². The van der Waals surface area contributed by atoms with Crippen molar-refractivity contribution in [1.82, 2.24) is 5.32 Å². The van der Waals surface area contributed by atoms with Gasteiger partial charge in [0.15, 0.2) is 0 Å². The average Bonchev–Trinajstić information content (AvgIpc) is 1.89. The van der Waals surface area contributed by atoms with Gasteiger partial charge in [0, 0.05) is 13.1 Å². The first-order valence-electron chi connectivity index (χ1n) is 3.31. The minimum atomic E-state index is -0.204. The van der Waals surface area contributed by atoms with Crippen LogP contribution >= 0.6 is 0 Å². The molecule has 0 fully saturated rings. The van der Waals surface area contributed by atoms with E-state index in [1.807, 2.05) is 6.92 Å². The topological polar surface area (TPSA) is 32.3 Å². The monoisotopic (exact) mass is 129 g/mol. The average molecular weight is 129 g/mol. The summed E-state index contributed by atoms with van der Waals surface area (Å²) in [6, 6.07) is 0. The highest BCUT2D eigenvalue weighted by molar-refractivity contribution is 4.70. The summed E-state index contributed by atoms with van der Waals surface area (Å²) in [6.45, 7) is 6.94. The van der Waals surface area contributed by atoms with Crippen molar-refractivity contribution in [3.63, 3.8) is 0 Å². The summed E-state index contributed by atoms with van der Waals surface area (Å²) < 4.78 is 0. The molecule has 2 heteroatoms. The van der Waals surface area contributed by atoms with Crippen molar-refractivity contribution in [2.45, 2.75) is 19.4 Å². The molecule has 0 aliphatic carbocycles. The molecule has 0 aliphatic rings. The van der Waals surface area contributed by atoms with E-state index >= 15 is 0 Å². The summed E-state index contributed by atoms with van der Waals surface area (Å²) in [5.41, 5.74) is 0. The van der Waals surface area contributed by atoms with E-state index in [4.69, 9.17) is 5.11 Å². The lowest BCUT2D eigenvalue weighted by Gasteiger charge is -2.06. The summed E-state index contributed by atoms with van der Waals surface area (Å²) in [4.78, 5) is 0. The Hall–Kier alpha value is -0.340. The summed E-state index contributed by atoms with van der Waals surface area (Å²) >= 11 is 0. The Morgan fingerprint density at radius 2 is 2.44 bits per heavy atom. The van der Waals surface area contributed by atoms with Crippen molar-refractivity contribution in [1.29, 1.82) is 0 Å². The van der Waals surface area contributed by atoms with E-state index in [9.17, 15) is 0 Å². The molecule has 0 aromatic heterocycles. The number of hydrogen-bond donors (Lipinski definition) is 2. The predicted octanol–water partition coefficient (Wildman–Crippen LogP) is 0.533. The minimum absolute atomic E-state index is 0.204. The van der Waals surface area contributed by atoms with Crippen LogP contribution in [-0.4, -0.2) is 24.3 Å². The summed E-state index contributed by atoms with van der Waals surface area (Å²) in [5.74, 6) is 0. The third-order valence-electron chi connectivity index (χ3n) is 1.14. The molecule has 0 saturated heterocycles. The highest BCUT2D eigenvalue weighted by Crippen LogP contribution is 1.84. The molecule has 0 aromatic rings. The van der Waals surface area contributed by atoms with Gasteiger partial charge in [-0.1, -0.05) is 13.0 Å². The molecule has 0 bridgehead atoms. The molecule has 0 aliphatic heterocycles. The van der Waals surface area contributed by atoms with E-state index in [1.165, 1.54) is 0 Å². The molecular formula is C7H15NO. The van der Waals surface area contributed by atoms with Crippen LogP contribution in [0.4, 0.5) is 0 Å². The zero-order valence-electron chi connectivity index (χ0n) is 5.93. The van der Waals surface area contributed by atoms with Crippen LogP contribution in [-0.2, 0) is 0 Å². The molecule has 9 heavy (non-hydrogen) atoms. The second-order valence-electron chi connectivity index (χ2n) is 2.01. The molecule has 0 amide bonds. The van der Waals surface area contributed by atoms with Crippen LogP contribution in [0.15, 0.2) is 12.7 Å². The fraction of sp³-hybridized carbons (Fsp3) is 0.714. The molecule has 0 unspecified atom stereocenters. The molecule has 1 atom stereocenters. The molecule has 0 rings (SSSR count). The van der Waals surface area contributed by atoms with Crippen molar-refractivity contribution in [2.75, 3.05) is 13.1 Å². The van der Waals surface area contributed by atoms with Gasteiger partial charge >= 0.3 is 0 Å². The molecule has 0 aromatic carbocycles. The third-order valence-corrected chi connectivity index (χ3v) is 1.14. The molecule has 2 nitrogen and oxygen atoms in total. The number of hydrogen-bond acceptors (Lipinski definition) is 2. The van der Waals surface area contributed by atoms with Crippen LogP contribution in [0.2, 0.25) is 0 Å². The smallest absolute Gasteiger partial charge is 0.0662 e. The van der Waals surface area contributed by atoms with E-state index in [0.717, 1.165) is 13.0 Å². The van der Waals surface area contributed by atoms with Gasteiger partial charge < -0.3 is 10.4 Å². The van der Waals surface area contributed by atoms with E-state index in [1.54, 1.807) is 6.08 Å². The first-order chi connectivity index (χ1) is 4.31. The Balaban J connectivity index is 2.96. The zero-order chi connectivity index (χ0) is 7.11. The van der Waals surface area contributed by atoms with Crippen LogP contribution in [0.1, 0.15) is 13.3 Å². The number of aliphatic hydroxyl groups is 1. The number of aliphatic hydroxyl groups excluding tert-OH is 1. The molecule has 0 radical (unpaired) electrons. The van der Waals surface area contributed by atoms with E-state index < -0.39 is 0 Å². The summed E-state index contributed by atoms with van der Waals surface area (Å²) in [7, 11) is 0. The Bertz CT molecular complexity index is 73.3. The van der Waals surface area contributed by atoms with Gasteiger partial charge in [-0.15, -0.1) is 6.58 Å². The maximum absolute atomic E-state index is 8.99. The van der Waals surface area contributed by atoms with Crippen molar-refractivity contribution < 1.29 is 5.11 Å². The fourth-order valence-electron chi connectivity index (χ4n) is 0.496. The molecule has 2 N–H and O–H groups in total. The van der Waals surface area contributed by atoms with Gasteiger partial charge in [0.2, 0.25) is 0 Å². The van der Waals surface area contributed by atoms with Crippen molar-refractivity contribution in [3.8, 4) is 0 Å². The first kappa shape index (κ1) is 8.66. The second kappa shape index (κ2) is 5.79. The zero-order valence-corrected chi connectivity index (χ0v) is 5.93. The molecule has 0 spiro atoms. The Labute approximate surface area is 56.6 Å². The standard InChI is InChI=1S/C7H15NO/c1-3-5-8-6-7(9)4-2/h3,7-9H,1,4-6H2,2H3/t7-/m0/s1. The first-order valence-corrected chi connectivity index (χ1v) is 3.31. The minimum Gasteiger partial charge on any atom is -0.392 e. The molecule has 54 valence electrons. The number of nitrogens with one attached hydrogen (secondary N) is 1. The Morgan fingerprint density at radius 1 is 1.78 bits per heavy atom.